The standard InChI is InChI=1S/C16H21N3OS/c1-4-10(2)8-9-21-11(3)16-18-13-7-5-6-12(13)14(19-16)15(17)20/h8-10H,3-7H2,1-2H3,(H2,17,20)/b9-8-. The van der Waals surface area contributed by atoms with Crippen molar-refractivity contribution < 1.29 is 4.79 Å². The van der Waals surface area contributed by atoms with E-state index in [-0.39, 0.29) is 0 Å². The van der Waals surface area contributed by atoms with Gasteiger partial charge in [0.05, 0.1) is 0 Å². The van der Waals surface area contributed by atoms with Crippen molar-refractivity contribution in [1.29, 1.82) is 0 Å². The fraction of sp³-hybridized carbons (Fsp3) is 0.438. The Labute approximate surface area is 129 Å². The fourth-order valence-corrected chi connectivity index (χ4v) is 2.91. The molecule has 0 aromatic carbocycles. The first-order valence-electron chi connectivity index (χ1n) is 7.25. The first kappa shape index (κ1) is 15.8. The number of aromatic nitrogens is 2. The molecule has 1 atom stereocenters. The van der Waals surface area contributed by atoms with Crippen molar-refractivity contribution in [3.05, 3.63) is 40.8 Å². The lowest BCUT2D eigenvalue weighted by molar-refractivity contribution is 0.0994. The third kappa shape index (κ3) is 3.73. The molecule has 2 N–H and O–H groups in total. The van der Waals surface area contributed by atoms with Crippen molar-refractivity contribution in [3.63, 3.8) is 0 Å². The molecule has 0 spiro atoms. The highest BCUT2D eigenvalue weighted by Crippen LogP contribution is 2.29. The number of amides is 1. The molecule has 2 rings (SSSR count). The Hall–Kier alpha value is -1.62. The van der Waals surface area contributed by atoms with Crippen LogP contribution in [-0.4, -0.2) is 15.9 Å². The molecule has 1 heterocycles. The molecule has 0 saturated heterocycles. The van der Waals surface area contributed by atoms with Gasteiger partial charge in [-0.15, -0.1) is 0 Å². The van der Waals surface area contributed by atoms with E-state index in [4.69, 9.17) is 5.73 Å². The van der Waals surface area contributed by atoms with Crippen molar-refractivity contribution in [2.24, 2.45) is 11.7 Å². The zero-order valence-corrected chi connectivity index (χ0v) is 13.4. The molecule has 1 unspecified atom stereocenters. The van der Waals surface area contributed by atoms with Crippen LogP contribution in [-0.2, 0) is 12.8 Å². The maximum atomic E-state index is 11.6. The van der Waals surface area contributed by atoms with Crippen molar-refractivity contribution >= 4 is 22.6 Å². The molecule has 21 heavy (non-hydrogen) atoms. The number of thioether (sulfide) groups is 1. The maximum absolute atomic E-state index is 11.6. The maximum Gasteiger partial charge on any atom is 0.267 e. The second-order valence-corrected chi connectivity index (χ2v) is 6.29. The van der Waals surface area contributed by atoms with E-state index < -0.39 is 5.91 Å². The Balaban J connectivity index is 2.20. The summed E-state index contributed by atoms with van der Waals surface area (Å²) < 4.78 is 0. The third-order valence-corrected chi connectivity index (χ3v) is 4.44. The highest BCUT2D eigenvalue weighted by molar-refractivity contribution is 8.10. The molecule has 1 amide bonds. The largest absolute Gasteiger partial charge is 0.364 e. The smallest absolute Gasteiger partial charge is 0.267 e. The van der Waals surface area contributed by atoms with Gasteiger partial charge in [0, 0.05) is 16.2 Å². The molecule has 112 valence electrons. The van der Waals surface area contributed by atoms with Gasteiger partial charge in [-0.1, -0.05) is 44.7 Å². The number of rotatable bonds is 6. The molecule has 0 aliphatic heterocycles. The summed E-state index contributed by atoms with van der Waals surface area (Å²) in [6, 6.07) is 0. The number of aryl methyl sites for hydroxylation is 1. The zero-order chi connectivity index (χ0) is 15.4. The quantitative estimate of drug-likeness (QED) is 0.875. The number of hydrogen-bond donors (Lipinski definition) is 1. The molecule has 0 bridgehead atoms. The van der Waals surface area contributed by atoms with Crippen LogP contribution in [0, 0.1) is 5.92 Å². The summed E-state index contributed by atoms with van der Waals surface area (Å²) in [5.41, 5.74) is 7.66. The minimum atomic E-state index is -0.482. The van der Waals surface area contributed by atoms with E-state index in [9.17, 15) is 4.79 Å². The van der Waals surface area contributed by atoms with Gasteiger partial charge in [-0.3, -0.25) is 4.79 Å². The zero-order valence-electron chi connectivity index (χ0n) is 12.6. The molecule has 1 aromatic heterocycles. The first-order valence-corrected chi connectivity index (χ1v) is 8.13. The molecule has 4 nitrogen and oxygen atoms in total. The van der Waals surface area contributed by atoms with Crippen LogP contribution in [0.3, 0.4) is 0 Å². The number of carbonyl (C=O) groups excluding carboxylic acids is 1. The van der Waals surface area contributed by atoms with Gasteiger partial charge in [0.25, 0.3) is 5.91 Å². The Morgan fingerprint density at radius 1 is 1.48 bits per heavy atom. The van der Waals surface area contributed by atoms with Gasteiger partial charge in [-0.2, -0.15) is 0 Å². The van der Waals surface area contributed by atoms with E-state index in [1.54, 1.807) is 0 Å². The number of fused-ring (bicyclic) bond motifs is 1. The van der Waals surface area contributed by atoms with Crippen LogP contribution in [0.1, 0.15) is 54.3 Å². The Kier molecular flexibility index (Phi) is 5.17. The minimum Gasteiger partial charge on any atom is -0.364 e. The first-order chi connectivity index (χ1) is 10.0. The predicted molar refractivity (Wildman–Crippen MR) is 87.8 cm³/mol. The summed E-state index contributed by atoms with van der Waals surface area (Å²) in [5, 5.41) is 2.01. The summed E-state index contributed by atoms with van der Waals surface area (Å²) in [4.78, 5) is 21.2. The number of nitrogens with zero attached hydrogens (tertiary/aromatic N) is 2. The number of hydrogen-bond acceptors (Lipinski definition) is 4. The second kappa shape index (κ2) is 6.89. The highest BCUT2D eigenvalue weighted by atomic mass is 32.2. The van der Waals surface area contributed by atoms with Gasteiger partial charge < -0.3 is 5.73 Å². The lowest BCUT2D eigenvalue weighted by atomic mass is 10.1. The van der Waals surface area contributed by atoms with Gasteiger partial charge in [0.2, 0.25) is 0 Å². The van der Waals surface area contributed by atoms with E-state index in [0.29, 0.717) is 17.4 Å². The molecule has 1 aliphatic carbocycles. The summed E-state index contributed by atoms with van der Waals surface area (Å²) in [7, 11) is 0. The van der Waals surface area contributed by atoms with Crippen LogP contribution in [0.4, 0.5) is 0 Å². The van der Waals surface area contributed by atoms with E-state index in [0.717, 1.165) is 41.8 Å². The van der Waals surface area contributed by atoms with Crippen molar-refractivity contribution in [2.75, 3.05) is 0 Å². The topological polar surface area (TPSA) is 68.9 Å². The van der Waals surface area contributed by atoms with Crippen LogP contribution in [0.25, 0.3) is 4.91 Å². The van der Waals surface area contributed by atoms with E-state index in [1.807, 2.05) is 5.41 Å². The molecule has 1 aliphatic rings. The molecular formula is C16H21N3OS. The highest BCUT2D eigenvalue weighted by Gasteiger charge is 2.22. The van der Waals surface area contributed by atoms with Gasteiger partial charge in [-0.05, 0) is 30.6 Å². The summed E-state index contributed by atoms with van der Waals surface area (Å²) in [6.45, 7) is 8.32. The molecule has 0 fully saturated rings. The summed E-state index contributed by atoms with van der Waals surface area (Å²) in [5.74, 6) is 0.570. The Morgan fingerprint density at radius 3 is 2.90 bits per heavy atom. The summed E-state index contributed by atoms with van der Waals surface area (Å²) >= 11 is 1.49. The number of nitrogens with two attached hydrogens (primary N) is 1. The molecule has 0 saturated carbocycles. The van der Waals surface area contributed by atoms with Crippen molar-refractivity contribution in [2.45, 2.75) is 39.5 Å². The number of carbonyl (C=O) groups is 1. The van der Waals surface area contributed by atoms with Gasteiger partial charge in [-0.25, -0.2) is 9.97 Å². The molecule has 1 aromatic rings. The van der Waals surface area contributed by atoms with Crippen molar-refractivity contribution in [1.82, 2.24) is 9.97 Å². The SMILES string of the molecule is C=C(S/C=C\C(C)CC)c1nc2c(c(C(N)=O)n1)CCC2. The minimum absolute atomic E-state index is 0.361. The average Bonchev–Trinajstić information content (AvgIpc) is 2.93. The average molecular weight is 303 g/mol. The van der Waals surface area contributed by atoms with Crippen LogP contribution in [0.15, 0.2) is 18.1 Å². The number of primary amides is 1. The lowest BCUT2D eigenvalue weighted by Gasteiger charge is -2.08. The molecular weight excluding hydrogens is 282 g/mol. The van der Waals surface area contributed by atoms with Crippen molar-refractivity contribution in [3.8, 4) is 0 Å². The van der Waals surface area contributed by atoms with Crippen LogP contribution >= 0.6 is 11.8 Å². The Morgan fingerprint density at radius 2 is 2.24 bits per heavy atom. The Bertz CT molecular complexity index is 595. The van der Waals surface area contributed by atoms with E-state index >= 15 is 0 Å². The fourth-order valence-electron chi connectivity index (χ4n) is 2.21. The van der Waals surface area contributed by atoms with Crippen LogP contribution in [0.2, 0.25) is 0 Å². The number of allylic oxidation sites excluding steroid dienone is 1. The van der Waals surface area contributed by atoms with Gasteiger partial charge in [0.15, 0.2) is 5.82 Å². The second-order valence-electron chi connectivity index (χ2n) is 5.29. The molecule has 0 radical (unpaired) electrons. The third-order valence-electron chi connectivity index (χ3n) is 3.68. The summed E-state index contributed by atoms with van der Waals surface area (Å²) in [6.07, 6.45) is 5.96. The van der Waals surface area contributed by atoms with E-state index in [1.165, 1.54) is 11.8 Å². The normalized spacial score (nSPS) is 15.1. The monoisotopic (exact) mass is 303 g/mol. The van der Waals surface area contributed by atoms with Gasteiger partial charge >= 0.3 is 0 Å². The van der Waals surface area contributed by atoms with Crippen LogP contribution < -0.4 is 5.73 Å². The van der Waals surface area contributed by atoms with Gasteiger partial charge in [0.1, 0.15) is 5.69 Å². The van der Waals surface area contributed by atoms with Crippen LogP contribution in [0.5, 0.6) is 0 Å². The predicted octanol–water partition coefficient (Wildman–Crippen LogP) is 3.33. The lowest BCUT2D eigenvalue weighted by Crippen LogP contribution is -2.18. The molecule has 5 heteroatoms. The van der Waals surface area contributed by atoms with E-state index in [2.05, 4.69) is 36.5 Å².